The number of aromatic nitrogens is 2. The summed E-state index contributed by atoms with van der Waals surface area (Å²) in [5.74, 6) is 0.162. The van der Waals surface area contributed by atoms with Gasteiger partial charge in [0.05, 0.1) is 23.6 Å². The quantitative estimate of drug-likeness (QED) is 0.711. The molecule has 0 saturated heterocycles. The summed E-state index contributed by atoms with van der Waals surface area (Å²) in [4.78, 5) is 32.1. The number of hydrogen-bond donors (Lipinski definition) is 1. The number of aryl methyl sites for hydroxylation is 1. The van der Waals surface area contributed by atoms with Crippen LogP contribution in [0.4, 0.5) is 5.69 Å². The van der Waals surface area contributed by atoms with Crippen LogP contribution in [0.15, 0.2) is 48.5 Å². The molecule has 0 unspecified atom stereocenters. The molecule has 0 aliphatic rings. The minimum Gasteiger partial charge on any atom is -0.467 e. The Kier molecular flexibility index (Phi) is 5.07. The van der Waals surface area contributed by atoms with E-state index in [9.17, 15) is 9.59 Å². The first kappa shape index (κ1) is 17.3. The Bertz CT molecular complexity index is 955. The fourth-order valence-electron chi connectivity index (χ4n) is 2.41. The molecule has 7 heteroatoms. The number of amides is 1. The van der Waals surface area contributed by atoms with Gasteiger partial charge < -0.3 is 14.8 Å². The van der Waals surface area contributed by atoms with Crippen LogP contribution in [0.3, 0.4) is 0 Å². The van der Waals surface area contributed by atoms with Crippen LogP contribution in [0.5, 0.6) is 5.88 Å². The number of nitrogens with one attached hydrogen (secondary N) is 1. The minimum atomic E-state index is -0.433. The molecule has 1 amide bonds. The van der Waals surface area contributed by atoms with Gasteiger partial charge in [0, 0.05) is 5.69 Å². The standard InChI is InChI=1S/C19H17N3O4/c1-12-20-16-6-4-3-5-15(16)18(21-12)26-11-17(23)22-14-9-7-13(8-10-14)19(24)25-2/h3-10H,11H2,1-2H3,(H,22,23). The molecule has 0 saturated carbocycles. The molecule has 2 aromatic carbocycles. The van der Waals surface area contributed by atoms with Crippen molar-refractivity contribution in [2.24, 2.45) is 0 Å². The molecule has 26 heavy (non-hydrogen) atoms. The molecule has 0 spiro atoms. The third kappa shape index (κ3) is 3.94. The first-order valence-electron chi connectivity index (χ1n) is 7.91. The number of benzene rings is 2. The van der Waals surface area contributed by atoms with Gasteiger partial charge in [0.1, 0.15) is 5.82 Å². The number of carbonyl (C=O) groups excluding carboxylic acids is 2. The van der Waals surface area contributed by atoms with E-state index in [4.69, 9.17) is 4.74 Å². The van der Waals surface area contributed by atoms with Gasteiger partial charge in [0.2, 0.25) is 5.88 Å². The van der Waals surface area contributed by atoms with Crippen molar-refractivity contribution in [2.45, 2.75) is 6.92 Å². The number of hydrogen-bond acceptors (Lipinski definition) is 6. The number of fused-ring (bicyclic) bond motifs is 1. The first-order chi connectivity index (χ1) is 12.6. The number of carbonyl (C=O) groups is 2. The van der Waals surface area contributed by atoms with Crippen molar-refractivity contribution in [3.8, 4) is 5.88 Å². The monoisotopic (exact) mass is 351 g/mol. The molecule has 7 nitrogen and oxygen atoms in total. The first-order valence-corrected chi connectivity index (χ1v) is 7.91. The molecule has 132 valence electrons. The van der Waals surface area contributed by atoms with Gasteiger partial charge in [0.15, 0.2) is 6.61 Å². The highest BCUT2D eigenvalue weighted by Crippen LogP contribution is 2.22. The van der Waals surface area contributed by atoms with Gasteiger partial charge >= 0.3 is 5.97 Å². The second kappa shape index (κ2) is 7.60. The summed E-state index contributed by atoms with van der Waals surface area (Å²) in [5.41, 5.74) is 1.72. The summed E-state index contributed by atoms with van der Waals surface area (Å²) in [5, 5.41) is 3.44. The maximum absolute atomic E-state index is 12.1. The lowest BCUT2D eigenvalue weighted by Gasteiger charge is -2.10. The number of rotatable bonds is 5. The lowest BCUT2D eigenvalue weighted by atomic mass is 10.2. The van der Waals surface area contributed by atoms with Crippen molar-refractivity contribution in [3.63, 3.8) is 0 Å². The SMILES string of the molecule is COC(=O)c1ccc(NC(=O)COc2nc(C)nc3ccccc23)cc1. The van der Waals surface area contributed by atoms with Crippen LogP contribution in [0.25, 0.3) is 10.9 Å². The summed E-state index contributed by atoms with van der Waals surface area (Å²) < 4.78 is 10.2. The molecule has 0 atom stereocenters. The normalized spacial score (nSPS) is 10.4. The molecule has 0 radical (unpaired) electrons. The average molecular weight is 351 g/mol. The third-order valence-corrected chi connectivity index (χ3v) is 3.61. The summed E-state index contributed by atoms with van der Waals surface area (Å²) in [6.07, 6.45) is 0. The zero-order valence-electron chi connectivity index (χ0n) is 14.4. The Morgan fingerprint density at radius 1 is 1.04 bits per heavy atom. The smallest absolute Gasteiger partial charge is 0.337 e. The second-order valence-electron chi connectivity index (χ2n) is 5.50. The van der Waals surface area contributed by atoms with E-state index < -0.39 is 5.97 Å². The average Bonchev–Trinajstić information content (AvgIpc) is 2.66. The molecule has 3 aromatic rings. The Morgan fingerprint density at radius 3 is 2.50 bits per heavy atom. The Labute approximate surface area is 150 Å². The molecule has 0 aliphatic heterocycles. The molecule has 3 rings (SSSR count). The van der Waals surface area contributed by atoms with Gasteiger partial charge in [-0.05, 0) is 43.3 Å². The molecule has 1 aromatic heterocycles. The topological polar surface area (TPSA) is 90.4 Å². The third-order valence-electron chi connectivity index (χ3n) is 3.61. The highest BCUT2D eigenvalue weighted by Gasteiger charge is 2.10. The van der Waals surface area contributed by atoms with Crippen LogP contribution in [0.2, 0.25) is 0 Å². The van der Waals surface area contributed by atoms with E-state index in [-0.39, 0.29) is 12.5 Å². The van der Waals surface area contributed by atoms with Gasteiger partial charge in [-0.1, -0.05) is 12.1 Å². The maximum atomic E-state index is 12.1. The Hall–Kier alpha value is -3.48. The van der Waals surface area contributed by atoms with Crippen LogP contribution in [0.1, 0.15) is 16.2 Å². The van der Waals surface area contributed by atoms with Crippen LogP contribution in [-0.2, 0) is 9.53 Å². The van der Waals surface area contributed by atoms with Crippen LogP contribution in [-0.4, -0.2) is 35.6 Å². The lowest BCUT2D eigenvalue weighted by Crippen LogP contribution is -2.20. The molecule has 0 bridgehead atoms. The van der Waals surface area contributed by atoms with Crippen LogP contribution >= 0.6 is 0 Å². The van der Waals surface area contributed by atoms with E-state index in [1.165, 1.54) is 7.11 Å². The second-order valence-corrected chi connectivity index (χ2v) is 5.50. The van der Waals surface area contributed by atoms with E-state index >= 15 is 0 Å². The van der Waals surface area contributed by atoms with Gasteiger partial charge in [-0.2, -0.15) is 4.98 Å². The van der Waals surface area contributed by atoms with E-state index in [1.807, 2.05) is 24.3 Å². The van der Waals surface area contributed by atoms with Gasteiger partial charge in [0.25, 0.3) is 5.91 Å². The molecule has 1 heterocycles. The van der Waals surface area contributed by atoms with Gasteiger partial charge in [-0.3, -0.25) is 4.79 Å². The molecular weight excluding hydrogens is 334 g/mol. The number of nitrogens with zero attached hydrogens (tertiary/aromatic N) is 2. The largest absolute Gasteiger partial charge is 0.467 e. The van der Waals surface area contributed by atoms with E-state index in [0.29, 0.717) is 23.0 Å². The Morgan fingerprint density at radius 2 is 1.77 bits per heavy atom. The number of ether oxygens (including phenoxy) is 2. The van der Waals surface area contributed by atoms with Gasteiger partial charge in [-0.15, -0.1) is 0 Å². The summed E-state index contributed by atoms with van der Waals surface area (Å²) in [6.45, 7) is 1.57. The predicted octanol–water partition coefficient (Wildman–Crippen LogP) is 2.74. The van der Waals surface area contributed by atoms with Crippen LogP contribution < -0.4 is 10.1 Å². The van der Waals surface area contributed by atoms with Crippen molar-refractivity contribution in [2.75, 3.05) is 19.0 Å². The zero-order valence-corrected chi connectivity index (χ0v) is 14.4. The highest BCUT2D eigenvalue weighted by atomic mass is 16.5. The number of esters is 1. The molecule has 0 aliphatic carbocycles. The fraction of sp³-hybridized carbons (Fsp3) is 0.158. The van der Waals surface area contributed by atoms with E-state index in [1.54, 1.807) is 31.2 Å². The highest BCUT2D eigenvalue weighted by molar-refractivity contribution is 5.94. The summed E-state index contributed by atoms with van der Waals surface area (Å²) in [7, 11) is 1.31. The van der Waals surface area contributed by atoms with Crippen molar-refractivity contribution >= 4 is 28.5 Å². The molecular formula is C19H17N3O4. The summed E-state index contributed by atoms with van der Waals surface area (Å²) >= 11 is 0. The van der Waals surface area contributed by atoms with Crippen molar-refractivity contribution in [1.29, 1.82) is 0 Å². The fourth-order valence-corrected chi connectivity index (χ4v) is 2.41. The predicted molar refractivity (Wildman–Crippen MR) is 96.2 cm³/mol. The maximum Gasteiger partial charge on any atom is 0.337 e. The molecule has 1 N–H and O–H groups in total. The zero-order chi connectivity index (χ0) is 18.5. The van der Waals surface area contributed by atoms with E-state index in [2.05, 4.69) is 20.0 Å². The van der Waals surface area contributed by atoms with Crippen molar-refractivity contribution in [3.05, 3.63) is 59.9 Å². The number of anilines is 1. The molecule has 0 fully saturated rings. The van der Waals surface area contributed by atoms with Crippen LogP contribution in [0, 0.1) is 6.92 Å². The Balaban J connectivity index is 1.65. The lowest BCUT2D eigenvalue weighted by molar-refractivity contribution is -0.118. The van der Waals surface area contributed by atoms with Crippen molar-refractivity contribution < 1.29 is 19.1 Å². The van der Waals surface area contributed by atoms with E-state index in [0.717, 1.165) is 10.9 Å². The number of methoxy groups -OCH3 is 1. The summed E-state index contributed by atoms with van der Waals surface area (Å²) in [6, 6.07) is 13.8. The number of para-hydroxylation sites is 1. The van der Waals surface area contributed by atoms with Gasteiger partial charge in [-0.25, -0.2) is 9.78 Å². The minimum absolute atomic E-state index is 0.195. The van der Waals surface area contributed by atoms with Crippen molar-refractivity contribution in [1.82, 2.24) is 9.97 Å².